The summed E-state index contributed by atoms with van der Waals surface area (Å²) >= 11 is 0. The Morgan fingerprint density at radius 2 is 1.85 bits per heavy atom. The third-order valence-electron chi connectivity index (χ3n) is 6.68. The number of aromatic nitrogens is 7. The summed E-state index contributed by atoms with van der Waals surface area (Å²) in [4.78, 5) is 24.0. The monoisotopic (exact) mass is 541 g/mol. The lowest BCUT2D eigenvalue weighted by Crippen LogP contribution is -2.05. The number of aromatic amines is 1. The van der Waals surface area contributed by atoms with Gasteiger partial charge in [-0.25, -0.2) is 33.7 Å². The topological polar surface area (TPSA) is 94.4 Å². The van der Waals surface area contributed by atoms with Crippen LogP contribution in [0.2, 0.25) is 0 Å². The van der Waals surface area contributed by atoms with Crippen LogP contribution in [0.5, 0.6) is 5.88 Å². The zero-order valence-corrected chi connectivity index (χ0v) is 20.6. The first-order valence-corrected chi connectivity index (χ1v) is 11.8. The predicted molar refractivity (Wildman–Crippen MR) is 130 cm³/mol. The van der Waals surface area contributed by atoms with E-state index in [9.17, 15) is 22.0 Å². The first-order valence-electron chi connectivity index (χ1n) is 11.8. The lowest BCUT2D eigenvalue weighted by atomic mass is 10.0. The van der Waals surface area contributed by atoms with Gasteiger partial charge in [-0.1, -0.05) is 24.3 Å². The van der Waals surface area contributed by atoms with Crippen molar-refractivity contribution in [1.29, 1.82) is 0 Å². The first-order chi connectivity index (χ1) is 18.5. The van der Waals surface area contributed by atoms with E-state index in [0.717, 1.165) is 17.3 Å². The number of imidazole rings is 1. The van der Waals surface area contributed by atoms with Crippen molar-refractivity contribution >= 4 is 11.0 Å². The van der Waals surface area contributed by atoms with Gasteiger partial charge in [0.15, 0.2) is 11.5 Å². The molecular weight excluding hydrogens is 521 g/mol. The Kier molecular flexibility index (Phi) is 5.63. The number of methoxy groups -OCH3 is 1. The Morgan fingerprint density at radius 3 is 2.49 bits per heavy atom. The number of hydrogen-bond acceptors (Lipinski definition) is 6. The van der Waals surface area contributed by atoms with Gasteiger partial charge in [-0.15, -0.1) is 0 Å². The second kappa shape index (κ2) is 8.82. The van der Waals surface area contributed by atoms with Crippen LogP contribution < -0.4 is 4.74 Å². The number of H-pyrrole nitrogens is 1. The lowest BCUT2D eigenvalue weighted by Gasteiger charge is -2.11. The minimum Gasteiger partial charge on any atom is -0.480 e. The standard InChI is InChI=1S/C26H20F5N7O/c1-38-11-18(26(29,30)31)36-23(38)14-5-3-13(4-6-14)7-15-9-32-17-10-33-22(37-20(15)17)19-21(16-8-25(16,27)28)34-12-35-24(19)39-2/h3-6,9-12,16,32H,7-8H2,1-2H3. The van der Waals surface area contributed by atoms with Gasteiger partial charge in [-0.3, -0.25) is 0 Å². The zero-order chi connectivity index (χ0) is 27.5. The van der Waals surface area contributed by atoms with E-state index in [1.807, 2.05) is 0 Å². The fourth-order valence-electron chi connectivity index (χ4n) is 4.60. The number of aryl methyl sites for hydroxylation is 1. The fraction of sp³-hybridized carbons (Fsp3) is 0.269. The van der Waals surface area contributed by atoms with Crippen LogP contribution in [0.15, 0.2) is 49.2 Å². The summed E-state index contributed by atoms with van der Waals surface area (Å²) in [6.07, 6.45) is 1.08. The summed E-state index contributed by atoms with van der Waals surface area (Å²) in [6.45, 7) is 0. The van der Waals surface area contributed by atoms with Crippen molar-refractivity contribution in [3.8, 4) is 28.7 Å². The Morgan fingerprint density at radius 1 is 1.10 bits per heavy atom. The van der Waals surface area contributed by atoms with E-state index in [2.05, 4.69) is 29.9 Å². The molecule has 1 N–H and O–H groups in total. The molecule has 0 spiro atoms. The van der Waals surface area contributed by atoms with Gasteiger partial charge < -0.3 is 14.3 Å². The quantitative estimate of drug-likeness (QED) is 0.283. The summed E-state index contributed by atoms with van der Waals surface area (Å²) in [5, 5.41) is 0. The maximum atomic E-state index is 13.9. The molecule has 0 aliphatic heterocycles. The minimum atomic E-state index is -4.53. The van der Waals surface area contributed by atoms with Gasteiger partial charge in [0.25, 0.3) is 5.92 Å². The molecule has 200 valence electrons. The number of benzene rings is 1. The van der Waals surface area contributed by atoms with E-state index in [4.69, 9.17) is 4.74 Å². The molecule has 1 unspecified atom stereocenters. The lowest BCUT2D eigenvalue weighted by molar-refractivity contribution is -0.140. The highest BCUT2D eigenvalue weighted by Crippen LogP contribution is 2.57. The van der Waals surface area contributed by atoms with E-state index in [1.165, 1.54) is 25.1 Å². The molecular formula is C26H20F5N7O. The minimum absolute atomic E-state index is 0.109. The van der Waals surface area contributed by atoms with Crippen molar-refractivity contribution in [3.63, 3.8) is 0 Å². The molecule has 0 radical (unpaired) electrons. The molecule has 13 heteroatoms. The average molecular weight is 541 g/mol. The number of rotatable bonds is 6. The highest BCUT2D eigenvalue weighted by atomic mass is 19.4. The van der Waals surface area contributed by atoms with Crippen LogP contribution in [0, 0.1) is 0 Å². The summed E-state index contributed by atoms with van der Waals surface area (Å²) in [6, 6.07) is 7.03. The number of fused-ring (bicyclic) bond motifs is 1. The second-order valence-corrected chi connectivity index (χ2v) is 9.36. The number of ether oxygens (including phenoxy) is 1. The van der Waals surface area contributed by atoms with E-state index < -0.39 is 23.7 Å². The molecule has 1 aromatic carbocycles. The number of alkyl halides is 5. The Bertz CT molecular complexity index is 1690. The van der Waals surface area contributed by atoms with Crippen molar-refractivity contribution in [2.24, 2.45) is 7.05 Å². The van der Waals surface area contributed by atoms with E-state index >= 15 is 0 Å². The highest BCUT2D eigenvalue weighted by molar-refractivity contribution is 5.81. The van der Waals surface area contributed by atoms with Crippen LogP contribution in [-0.2, 0) is 19.6 Å². The molecule has 4 heterocycles. The molecule has 1 fully saturated rings. The summed E-state index contributed by atoms with van der Waals surface area (Å²) in [5.41, 5.74) is 2.88. The van der Waals surface area contributed by atoms with Crippen LogP contribution in [0.4, 0.5) is 22.0 Å². The molecule has 1 aliphatic carbocycles. The third kappa shape index (κ3) is 4.47. The first kappa shape index (κ1) is 24.9. The van der Waals surface area contributed by atoms with Gasteiger partial charge in [0, 0.05) is 43.4 Å². The van der Waals surface area contributed by atoms with E-state index in [-0.39, 0.29) is 35.2 Å². The largest absolute Gasteiger partial charge is 0.480 e. The SMILES string of the molecule is COc1ncnc(C2CC2(F)F)c1-c1ncc2[nH]cc(Cc3ccc(-c4nc(C(F)(F)F)cn4C)cc3)c2n1. The fourth-order valence-corrected chi connectivity index (χ4v) is 4.60. The van der Waals surface area contributed by atoms with Crippen molar-refractivity contribution in [1.82, 2.24) is 34.5 Å². The maximum Gasteiger partial charge on any atom is 0.434 e. The molecule has 1 saturated carbocycles. The smallest absolute Gasteiger partial charge is 0.434 e. The van der Waals surface area contributed by atoms with Crippen molar-refractivity contribution in [2.75, 3.05) is 7.11 Å². The van der Waals surface area contributed by atoms with Gasteiger partial charge in [0.1, 0.15) is 17.7 Å². The van der Waals surface area contributed by atoms with Gasteiger partial charge in [-0.2, -0.15) is 13.2 Å². The molecule has 1 atom stereocenters. The third-order valence-corrected chi connectivity index (χ3v) is 6.68. The number of nitrogens with one attached hydrogen (secondary N) is 1. The molecule has 8 nitrogen and oxygen atoms in total. The van der Waals surface area contributed by atoms with E-state index in [0.29, 0.717) is 23.0 Å². The molecule has 39 heavy (non-hydrogen) atoms. The van der Waals surface area contributed by atoms with Crippen LogP contribution in [-0.4, -0.2) is 47.5 Å². The molecule has 4 aromatic heterocycles. The summed E-state index contributed by atoms with van der Waals surface area (Å²) in [5.74, 6) is -3.43. The van der Waals surface area contributed by atoms with Gasteiger partial charge >= 0.3 is 6.18 Å². The highest BCUT2D eigenvalue weighted by Gasteiger charge is 2.59. The van der Waals surface area contributed by atoms with Crippen LogP contribution in [0.3, 0.4) is 0 Å². The van der Waals surface area contributed by atoms with Crippen molar-refractivity contribution in [3.05, 3.63) is 71.7 Å². The van der Waals surface area contributed by atoms with Crippen LogP contribution >= 0.6 is 0 Å². The van der Waals surface area contributed by atoms with Crippen molar-refractivity contribution < 1.29 is 26.7 Å². The molecule has 1 aliphatic rings. The predicted octanol–water partition coefficient (Wildman–Crippen LogP) is 5.56. The van der Waals surface area contributed by atoms with Crippen LogP contribution in [0.25, 0.3) is 33.8 Å². The van der Waals surface area contributed by atoms with Crippen molar-refractivity contribution in [2.45, 2.75) is 30.9 Å². The Balaban J connectivity index is 1.32. The summed E-state index contributed by atoms with van der Waals surface area (Å²) < 4.78 is 73.7. The van der Waals surface area contributed by atoms with Gasteiger partial charge in [-0.05, 0) is 5.56 Å². The summed E-state index contributed by atoms with van der Waals surface area (Å²) in [7, 11) is 2.90. The van der Waals surface area contributed by atoms with Crippen LogP contribution in [0.1, 0.15) is 34.9 Å². The molecule has 0 saturated heterocycles. The zero-order valence-electron chi connectivity index (χ0n) is 20.6. The second-order valence-electron chi connectivity index (χ2n) is 9.36. The average Bonchev–Trinajstić information content (AvgIpc) is 3.19. The maximum absolute atomic E-state index is 13.9. The number of halogens is 5. The van der Waals surface area contributed by atoms with Gasteiger partial charge in [0.2, 0.25) is 5.88 Å². The van der Waals surface area contributed by atoms with Gasteiger partial charge in [0.05, 0.1) is 36.0 Å². The normalized spacial score (nSPS) is 16.5. The molecule has 6 rings (SSSR count). The van der Waals surface area contributed by atoms with E-state index in [1.54, 1.807) is 36.7 Å². The molecule has 0 amide bonds. The number of hydrogen-bond donors (Lipinski definition) is 1. The number of nitrogens with zero attached hydrogens (tertiary/aromatic N) is 6. The Labute approximate surface area is 218 Å². The Hall–Kier alpha value is -4.42. The molecule has 0 bridgehead atoms. The molecule has 5 aromatic rings.